The number of hydrogen-bond acceptors (Lipinski definition) is 4. The van der Waals surface area contributed by atoms with Crippen molar-refractivity contribution in [3.63, 3.8) is 0 Å². The molecule has 0 bridgehead atoms. The van der Waals surface area contributed by atoms with Crippen LogP contribution in [0.2, 0.25) is 0 Å². The van der Waals surface area contributed by atoms with Crippen molar-refractivity contribution in [1.29, 1.82) is 0 Å². The summed E-state index contributed by atoms with van der Waals surface area (Å²) < 4.78 is 1.43. The first-order valence-corrected chi connectivity index (χ1v) is 6.87. The van der Waals surface area contributed by atoms with Gasteiger partial charge in [-0.05, 0) is 19.1 Å². The van der Waals surface area contributed by atoms with Crippen molar-refractivity contribution in [1.82, 2.24) is 9.38 Å². The van der Waals surface area contributed by atoms with Gasteiger partial charge in [0.2, 0.25) is 0 Å². The summed E-state index contributed by atoms with van der Waals surface area (Å²) in [7, 11) is 0. The molecule has 6 heteroatoms. The summed E-state index contributed by atoms with van der Waals surface area (Å²) in [5.41, 5.74) is 0.969. The van der Waals surface area contributed by atoms with E-state index in [4.69, 9.17) is 0 Å². The maximum atomic E-state index is 12.3. The number of rotatable bonds is 2. The lowest BCUT2D eigenvalue weighted by Crippen LogP contribution is -2.24. The second-order valence-corrected chi connectivity index (χ2v) is 5.13. The molecule has 2 heterocycles. The van der Waals surface area contributed by atoms with E-state index in [9.17, 15) is 9.59 Å². The van der Waals surface area contributed by atoms with Gasteiger partial charge >= 0.3 is 0 Å². The van der Waals surface area contributed by atoms with Crippen LogP contribution in [0.4, 0.5) is 5.69 Å². The molecule has 0 spiro atoms. The fraction of sp³-hybridized carbons (Fsp3) is 0.0714. The van der Waals surface area contributed by atoms with Gasteiger partial charge in [0, 0.05) is 17.1 Å². The number of carbonyl (C=O) groups is 1. The Kier molecular flexibility index (Phi) is 3.08. The zero-order chi connectivity index (χ0) is 14.1. The normalized spacial score (nSPS) is 10.7. The number of nitrogens with zero attached hydrogens (tertiary/aromatic N) is 2. The molecule has 3 aromatic rings. The molecule has 0 saturated carbocycles. The molecule has 0 fully saturated rings. The molecular weight excluding hydrogens is 274 g/mol. The number of thiazole rings is 1. The van der Waals surface area contributed by atoms with Crippen LogP contribution in [-0.2, 0) is 0 Å². The van der Waals surface area contributed by atoms with Crippen LogP contribution < -0.4 is 10.9 Å². The zero-order valence-corrected chi connectivity index (χ0v) is 11.5. The van der Waals surface area contributed by atoms with Crippen molar-refractivity contribution in [2.75, 3.05) is 5.32 Å². The van der Waals surface area contributed by atoms with E-state index in [-0.39, 0.29) is 17.2 Å². The van der Waals surface area contributed by atoms with Gasteiger partial charge in [-0.25, -0.2) is 4.98 Å². The minimum Gasteiger partial charge on any atom is -0.316 e. The van der Waals surface area contributed by atoms with Gasteiger partial charge in [0.15, 0.2) is 4.96 Å². The van der Waals surface area contributed by atoms with Crippen molar-refractivity contribution in [3.05, 3.63) is 63.5 Å². The lowest BCUT2D eigenvalue weighted by atomic mass is 10.2. The number of fused-ring (bicyclic) bond motifs is 1. The summed E-state index contributed by atoms with van der Waals surface area (Å²) in [5, 5.41) is 4.43. The molecule has 0 radical (unpaired) electrons. The van der Waals surface area contributed by atoms with Gasteiger partial charge in [0.25, 0.3) is 11.5 Å². The molecule has 0 atom stereocenters. The summed E-state index contributed by atoms with van der Waals surface area (Å²) >= 11 is 1.38. The van der Waals surface area contributed by atoms with E-state index in [2.05, 4.69) is 10.3 Å². The SMILES string of the molecule is Cc1nc2sccn2c(=O)c1NC(=O)c1ccccc1. The lowest BCUT2D eigenvalue weighted by molar-refractivity contribution is 0.102. The van der Waals surface area contributed by atoms with E-state index < -0.39 is 0 Å². The van der Waals surface area contributed by atoms with Crippen molar-refractivity contribution in [2.24, 2.45) is 0 Å². The summed E-state index contributed by atoms with van der Waals surface area (Å²) in [4.78, 5) is 29.3. The van der Waals surface area contributed by atoms with E-state index in [1.807, 2.05) is 6.07 Å². The third-order valence-electron chi connectivity index (χ3n) is 2.92. The molecule has 0 saturated heterocycles. The third kappa shape index (κ3) is 2.10. The first kappa shape index (κ1) is 12.6. The Hall–Kier alpha value is -2.47. The number of aromatic nitrogens is 2. The number of hydrogen-bond donors (Lipinski definition) is 1. The quantitative estimate of drug-likeness (QED) is 0.786. The highest BCUT2D eigenvalue weighted by Crippen LogP contribution is 2.13. The first-order valence-electron chi connectivity index (χ1n) is 5.99. The third-order valence-corrected chi connectivity index (χ3v) is 3.68. The Balaban J connectivity index is 2.03. The van der Waals surface area contributed by atoms with Crippen molar-refractivity contribution >= 4 is 27.9 Å². The Bertz CT molecular complexity index is 836. The van der Waals surface area contributed by atoms with Crippen LogP contribution in [0.1, 0.15) is 16.1 Å². The van der Waals surface area contributed by atoms with Crippen molar-refractivity contribution in [3.8, 4) is 0 Å². The average molecular weight is 285 g/mol. The van der Waals surface area contributed by atoms with Crippen LogP contribution in [-0.4, -0.2) is 15.3 Å². The minimum absolute atomic E-state index is 0.217. The Morgan fingerprint density at radius 1 is 1.30 bits per heavy atom. The zero-order valence-electron chi connectivity index (χ0n) is 10.7. The summed E-state index contributed by atoms with van der Waals surface area (Å²) in [6.07, 6.45) is 1.65. The molecule has 3 rings (SSSR count). The smallest absolute Gasteiger partial charge is 0.282 e. The van der Waals surface area contributed by atoms with E-state index in [0.29, 0.717) is 16.2 Å². The molecule has 2 aromatic heterocycles. The summed E-state index contributed by atoms with van der Waals surface area (Å²) in [5.74, 6) is -0.317. The standard InChI is InChI=1S/C14H11N3O2S/c1-9-11(13(19)17-7-8-20-14(17)15-9)16-12(18)10-5-3-2-4-6-10/h2-8H,1H3,(H,16,18). The molecule has 100 valence electrons. The van der Waals surface area contributed by atoms with Crippen LogP contribution in [0, 0.1) is 6.92 Å². The fourth-order valence-electron chi connectivity index (χ4n) is 1.90. The van der Waals surface area contributed by atoms with E-state index in [0.717, 1.165) is 0 Å². The lowest BCUT2D eigenvalue weighted by Gasteiger charge is -2.07. The minimum atomic E-state index is -0.317. The molecule has 1 amide bonds. The molecular formula is C14H11N3O2S. The predicted molar refractivity (Wildman–Crippen MR) is 78.5 cm³/mol. The largest absolute Gasteiger partial charge is 0.316 e. The Morgan fingerprint density at radius 2 is 2.05 bits per heavy atom. The van der Waals surface area contributed by atoms with E-state index >= 15 is 0 Å². The predicted octanol–water partition coefficient (Wildman–Crippen LogP) is 2.32. The van der Waals surface area contributed by atoms with Gasteiger partial charge in [-0.3, -0.25) is 14.0 Å². The fourth-order valence-corrected chi connectivity index (χ4v) is 2.65. The maximum Gasteiger partial charge on any atom is 0.282 e. The molecule has 5 nitrogen and oxygen atoms in total. The highest BCUT2D eigenvalue weighted by Gasteiger charge is 2.14. The number of benzene rings is 1. The molecule has 0 aliphatic rings. The number of nitrogens with one attached hydrogen (secondary N) is 1. The Morgan fingerprint density at radius 3 is 2.80 bits per heavy atom. The topological polar surface area (TPSA) is 63.5 Å². The van der Waals surface area contributed by atoms with Gasteiger partial charge in [0.05, 0.1) is 5.69 Å². The second kappa shape index (κ2) is 4.90. The number of amides is 1. The van der Waals surface area contributed by atoms with Crippen molar-refractivity contribution in [2.45, 2.75) is 6.92 Å². The van der Waals surface area contributed by atoms with Gasteiger partial charge in [-0.1, -0.05) is 18.2 Å². The molecule has 1 N–H and O–H groups in total. The second-order valence-electron chi connectivity index (χ2n) is 4.25. The summed E-state index contributed by atoms with van der Waals surface area (Å²) in [6, 6.07) is 8.76. The first-order chi connectivity index (χ1) is 9.66. The monoisotopic (exact) mass is 285 g/mol. The van der Waals surface area contributed by atoms with Gasteiger partial charge in [0.1, 0.15) is 5.69 Å². The number of aryl methyl sites for hydroxylation is 1. The van der Waals surface area contributed by atoms with Crippen LogP contribution in [0.3, 0.4) is 0 Å². The number of anilines is 1. The van der Waals surface area contributed by atoms with Crippen LogP contribution in [0.5, 0.6) is 0 Å². The van der Waals surface area contributed by atoms with Gasteiger partial charge in [-0.15, -0.1) is 11.3 Å². The maximum absolute atomic E-state index is 12.3. The van der Waals surface area contributed by atoms with Crippen LogP contribution in [0.25, 0.3) is 4.96 Å². The molecule has 0 unspecified atom stereocenters. The summed E-state index contributed by atoms with van der Waals surface area (Å²) in [6.45, 7) is 1.71. The van der Waals surface area contributed by atoms with E-state index in [1.165, 1.54) is 15.7 Å². The number of carbonyl (C=O) groups excluding carboxylic acids is 1. The van der Waals surface area contributed by atoms with E-state index in [1.54, 1.807) is 42.8 Å². The molecule has 1 aromatic carbocycles. The van der Waals surface area contributed by atoms with Crippen LogP contribution in [0.15, 0.2) is 46.7 Å². The van der Waals surface area contributed by atoms with Crippen molar-refractivity contribution < 1.29 is 4.79 Å². The van der Waals surface area contributed by atoms with Gasteiger partial charge < -0.3 is 5.32 Å². The van der Waals surface area contributed by atoms with Crippen LogP contribution >= 0.6 is 11.3 Å². The molecule has 20 heavy (non-hydrogen) atoms. The molecule has 0 aliphatic heterocycles. The molecule has 0 aliphatic carbocycles. The Labute approximate surface area is 118 Å². The average Bonchev–Trinajstić information content (AvgIpc) is 2.92. The highest BCUT2D eigenvalue weighted by molar-refractivity contribution is 7.15. The highest BCUT2D eigenvalue weighted by atomic mass is 32.1. The van der Waals surface area contributed by atoms with Gasteiger partial charge in [-0.2, -0.15) is 0 Å².